The second-order valence-corrected chi connectivity index (χ2v) is 5.67. The van der Waals surface area contributed by atoms with Gasteiger partial charge in [0.05, 0.1) is 12.0 Å². The molecule has 20 heavy (non-hydrogen) atoms. The molecule has 0 aliphatic heterocycles. The Hall–Kier alpha value is -1.84. The summed E-state index contributed by atoms with van der Waals surface area (Å²) in [4.78, 5) is 22.8. The second-order valence-electron chi connectivity index (χ2n) is 5.67. The molecule has 1 aromatic carbocycles. The lowest BCUT2D eigenvalue weighted by molar-refractivity contribution is -0.121. The van der Waals surface area contributed by atoms with E-state index in [2.05, 4.69) is 12.2 Å². The number of hydrogen-bond acceptors (Lipinski definition) is 2. The van der Waals surface area contributed by atoms with E-state index in [1.807, 2.05) is 0 Å². The molecule has 0 radical (unpaired) electrons. The highest BCUT2D eigenvalue weighted by Crippen LogP contribution is 2.42. The molecule has 0 saturated heterocycles. The Labute approximate surface area is 119 Å². The van der Waals surface area contributed by atoms with Crippen LogP contribution in [0.15, 0.2) is 24.3 Å². The average molecular weight is 275 g/mol. The van der Waals surface area contributed by atoms with Crippen molar-refractivity contribution in [2.75, 3.05) is 6.54 Å². The van der Waals surface area contributed by atoms with Crippen molar-refractivity contribution in [1.82, 2.24) is 5.32 Å². The zero-order chi connectivity index (χ0) is 14.6. The van der Waals surface area contributed by atoms with Gasteiger partial charge in [-0.1, -0.05) is 25.5 Å². The number of nitrogens with one attached hydrogen (secondary N) is 1. The van der Waals surface area contributed by atoms with E-state index in [-0.39, 0.29) is 17.9 Å². The fourth-order valence-electron chi connectivity index (χ4n) is 2.68. The summed E-state index contributed by atoms with van der Waals surface area (Å²) in [5.74, 6) is -1.00. The molecule has 1 aromatic rings. The molecule has 2 rings (SSSR count). The SMILES string of the molecule is CCC1(CNC(=O)Cc2cccc(C(=O)O)c2)CCC1. The van der Waals surface area contributed by atoms with Gasteiger partial charge in [0.25, 0.3) is 0 Å². The lowest BCUT2D eigenvalue weighted by atomic mass is 9.67. The van der Waals surface area contributed by atoms with E-state index in [1.165, 1.54) is 25.3 Å². The molecule has 108 valence electrons. The van der Waals surface area contributed by atoms with Crippen LogP contribution in [0.3, 0.4) is 0 Å². The Morgan fingerprint density at radius 2 is 2.10 bits per heavy atom. The van der Waals surface area contributed by atoms with Crippen LogP contribution in [0.5, 0.6) is 0 Å². The van der Waals surface area contributed by atoms with Gasteiger partial charge in [-0.2, -0.15) is 0 Å². The fourth-order valence-corrected chi connectivity index (χ4v) is 2.68. The molecule has 1 aliphatic carbocycles. The standard InChI is InChI=1S/C16H21NO3/c1-2-16(7-4-8-16)11-17-14(18)10-12-5-3-6-13(9-12)15(19)20/h3,5-6,9H,2,4,7-8,10-11H2,1H3,(H,17,18)(H,19,20). The van der Waals surface area contributed by atoms with Gasteiger partial charge in [0.1, 0.15) is 0 Å². The number of carboxylic acids is 1. The summed E-state index contributed by atoms with van der Waals surface area (Å²) in [6, 6.07) is 6.54. The zero-order valence-corrected chi connectivity index (χ0v) is 11.8. The summed E-state index contributed by atoms with van der Waals surface area (Å²) >= 11 is 0. The molecule has 1 saturated carbocycles. The van der Waals surface area contributed by atoms with Gasteiger partial charge in [0, 0.05) is 6.54 Å². The van der Waals surface area contributed by atoms with Crippen molar-refractivity contribution in [2.45, 2.75) is 39.0 Å². The monoisotopic (exact) mass is 275 g/mol. The smallest absolute Gasteiger partial charge is 0.335 e. The highest BCUT2D eigenvalue weighted by molar-refractivity contribution is 5.88. The van der Waals surface area contributed by atoms with Crippen LogP contribution in [0.4, 0.5) is 0 Å². The van der Waals surface area contributed by atoms with Crippen molar-refractivity contribution in [3.8, 4) is 0 Å². The van der Waals surface area contributed by atoms with Gasteiger partial charge in [0.2, 0.25) is 5.91 Å². The number of carbonyl (C=O) groups excluding carboxylic acids is 1. The van der Waals surface area contributed by atoms with E-state index < -0.39 is 5.97 Å². The quantitative estimate of drug-likeness (QED) is 0.838. The third kappa shape index (κ3) is 3.38. The van der Waals surface area contributed by atoms with E-state index in [0.717, 1.165) is 18.5 Å². The molecule has 0 spiro atoms. The largest absolute Gasteiger partial charge is 0.478 e. The molecular weight excluding hydrogens is 254 g/mol. The highest BCUT2D eigenvalue weighted by Gasteiger charge is 2.35. The average Bonchev–Trinajstić information content (AvgIpc) is 2.38. The number of benzene rings is 1. The van der Waals surface area contributed by atoms with Crippen LogP contribution in [0.1, 0.15) is 48.5 Å². The number of carbonyl (C=O) groups is 2. The number of rotatable bonds is 6. The van der Waals surface area contributed by atoms with E-state index >= 15 is 0 Å². The van der Waals surface area contributed by atoms with Crippen molar-refractivity contribution in [3.05, 3.63) is 35.4 Å². The molecule has 1 amide bonds. The van der Waals surface area contributed by atoms with Crippen LogP contribution in [-0.2, 0) is 11.2 Å². The normalized spacial score (nSPS) is 16.2. The van der Waals surface area contributed by atoms with Crippen LogP contribution in [0, 0.1) is 5.41 Å². The highest BCUT2D eigenvalue weighted by atomic mass is 16.4. The summed E-state index contributed by atoms with van der Waals surface area (Å²) in [5.41, 5.74) is 1.26. The minimum absolute atomic E-state index is 0.0349. The van der Waals surface area contributed by atoms with Gasteiger partial charge in [-0.15, -0.1) is 0 Å². The topological polar surface area (TPSA) is 66.4 Å². The summed E-state index contributed by atoms with van der Waals surface area (Å²) < 4.78 is 0. The number of carboxylic acid groups (broad SMARTS) is 1. The Balaban J connectivity index is 1.88. The lowest BCUT2D eigenvalue weighted by Crippen LogP contribution is -2.42. The van der Waals surface area contributed by atoms with Gasteiger partial charge in [-0.25, -0.2) is 4.79 Å². The molecule has 0 aromatic heterocycles. The maximum absolute atomic E-state index is 11.9. The maximum atomic E-state index is 11.9. The number of aromatic carboxylic acids is 1. The molecule has 1 aliphatic rings. The first-order chi connectivity index (χ1) is 9.54. The molecule has 0 atom stereocenters. The number of amides is 1. The van der Waals surface area contributed by atoms with Crippen molar-refractivity contribution in [2.24, 2.45) is 5.41 Å². The second kappa shape index (κ2) is 6.07. The van der Waals surface area contributed by atoms with Crippen LogP contribution in [0.2, 0.25) is 0 Å². The third-order valence-electron chi connectivity index (χ3n) is 4.36. The first-order valence-electron chi connectivity index (χ1n) is 7.14. The molecular formula is C16H21NO3. The molecule has 2 N–H and O–H groups in total. The third-order valence-corrected chi connectivity index (χ3v) is 4.36. The van der Waals surface area contributed by atoms with Crippen molar-refractivity contribution in [3.63, 3.8) is 0 Å². The van der Waals surface area contributed by atoms with Gasteiger partial charge in [-0.3, -0.25) is 4.79 Å². The Kier molecular flexibility index (Phi) is 4.42. The van der Waals surface area contributed by atoms with Crippen molar-refractivity contribution < 1.29 is 14.7 Å². The van der Waals surface area contributed by atoms with Crippen molar-refractivity contribution >= 4 is 11.9 Å². The van der Waals surface area contributed by atoms with Crippen LogP contribution < -0.4 is 5.32 Å². The molecule has 4 nitrogen and oxygen atoms in total. The summed E-state index contributed by atoms with van der Waals surface area (Å²) in [6.07, 6.45) is 4.98. The minimum Gasteiger partial charge on any atom is -0.478 e. The molecule has 4 heteroatoms. The van der Waals surface area contributed by atoms with Crippen LogP contribution in [-0.4, -0.2) is 23.5 Å². The first kappa shape index (κ1) is 14.6. The maximum Gasteiger partial charge on any atom is 0.335 e. The van der Waals surface area contributed by atoms with Gasteiger partial charge in [0.15, 0.2) is 0 Å². The van der Waals surface area contributed by atoms with E-state index in [4.69, 9.17) is 5.11 Å². The molecule has 0 heterocycles. The molecule has 0 unspecified atom stereocenters. The van der Waals surface area contributed by atoms with Crippen LogP contribution >= 0.6 is 0 Å². The van der Waals surface area contributed by atoms with E-state index in [9.17, 15) is 9.59 Å². The van der Waals surface area contributed by atoms with Gasteiger partial charge in [-0.05, 0) is 42.4 Å². The van der Waals surface area contributed by atoms with E-state index in [0.29, 0.717) is 5.41 Å². The molecule has 1 fully saturated rings. The minimum atomic E-state index is -0.966. The zero-order valence-electron chi connectivity index (χ0n) is 11.8. The Bertz CT molecular complexity index is 501. The molecule has 0 bridgehead atoms. The predicted octanol–water partition coefficient (Wildman–Crippen LogP) is 2.62. The summed E-state index contributed by atoms with van der Waals surface area (Å²) in [5, 5.41) is 11.9. The number of hydrogen-bond donors (Lipinski definition) is 2. The summed E-state index contributed by atoms with van der Waals surface area (Å²) in [6.45, 7) is 2.91. The summed E-state index contributed by atoms with van der Waals surface area (Å²) in [7, 11) is 0. The Morgan fingerprint density at radius 1 is 1.35 bits per heavy atom. The van der Waals surface area contributed by atoms with Gasteiger partial charge >= 0.3 is 5.97 Å². The first-order valence-corrected chi connectivity index (χ1v) is 7.14. The predicted molar refractivity (Wildman–Crippen MR) is 76.7 cm³/mol. The van der Waals surface area contributed by atoms with Gasteiger partial charge < -0.3 is 10.4 Å². The lowest BCUT2D eigenvalue weighted by Gasteiger charge is -2.41. The fraction of sp³-hybridized carbons (Fsp3) is 0.500. The van der Waals surface area contributed by atoms with Crippen LogP contribution in [0.25, 0.3) is 0 Å². The van der Waals surface area contributed by atoms with E-state index in [1.54, 1.807) is 18.2 Å². The Morgan fingerprint density at radius 3 is 2.65 bits per heavy atom. The van der Waals surface area contributed by atoms with Crippen molar-refractivity contribution in [1.29, 1.82) is 0 Å².